The zero-order chi connectivity index (χ0) is 20.1. The normalized spacial score (nSPS) is 10.2. The Morgan fingerprint density at radius 1 is 1.07 bits per heavy atom. The standard InChI is InChI=1S/C20H17ClN4O3/c1-12-7-8-13(21)11-17(12)23-18(26)16-9-10-22-20(25-16)24-15-6-4-3-5-14(15)19(27)28-2/h3-11H,1-2H3,(H,23,26)(H,22,24,25). The number of halogens is 1. The molecule has 7 nitrogen and oxygen atoms in total. The van der Waals surface area contributed by atoms with Gasteiger partial charge >= 0.3 is 5.97 Å². The van der Waals surface area contributed by atoms with Gasteiger partial charge in [0.1, 0.15) is 5.69 Å². The molecule has 0 saturated carbocycles. The number of para-hydroxylation sites is 1. The van der Waals surface area contributed by atoms with Crippen LogP contribution in [0.2, 0.25) is 5.02 Å². The second-order valence-electron chi connectivity index (χ2n) is 5.84. The molecule has 0 bridgehead atoms. The SMILES string of the molecule is COC(=O)c1ccccc1Nc1nccc(C(=O)Nc2cc(Cl)ccc2C)n1. The van der Waals surface area contributed by atoms with Gasteiger partial charge in [-0.3, -0.25) is 4.79 Å². The molecule has 0 unspecified atom stereocenters. The molecule has 3 aromatic rings. The van der Waals surface area contributed by atoms with Crippen LogP contribution >= 0.6 is 11.6 Å². The highest BCUT2D eigenvalue weighted by molar-refractivity contribution is 6.31. The topological polar surface area (TPSA) is 93.2 Å². The lowest BCUT2D eigenvalue weighted by molar-refractivity contribution is 0.0601. The Labute approximate surface area is 166 Å². The summed E-state index contributed by atoms with van der Waals surface area (Å²) in [4.78, 5) is 32.8. The highest BCUT2D eigenvalue weighted by Crippen LogP contribution is 2.22. The van der Waals surface area contributed by atoms with Crippen molar-refractivity contribution < 1.29 is 14.3 Å². The van der Waals surface area contributed by atoms with Crippen LogP contribution in [0.4, 0.5) is 17.3 Å². The van der Waals surface area contributed by atoms with Crippen molar-refractivity contribution in [1.82, 2.24) is 9.97 Å². The number of carbonyl (C=O) groups is 2. The molecule has 0 fully saturated rings. The van der Waals surface area contributed by atoms with Gasteiger partial charge in [-0.15, -0.1) is 0 Å². The van der Waals surface area contributed by atoms with Gasteiger partial charge in [-0.2, -0.15) is 0 Å². The molecule has 1 amide bonds. The second-order valence-corrected chi connectivity index (χ2v) is 6.28. The van der Waals surface area contributed by atoms with E-state index in [2.05, 4.69) is 20.6 Å². The Morgan fingerprint density at radius 3 is 2.64 bits per heavy atom. The summed E-state index contributed by atoms with van der Waals surface area (Å²) in [6, 6.07) is 13.5. The first-order valence-electron chi connectivity index (χ1n) is 8.33. The van der Waals surface area contributed by atoms with Crippen molar-refractivity contribution in [3.63, 3.8) is 0 Å². The fourth-order valence-corrected chi connectivity index (χ4v) is 2.63. The lowest BCUT2D eigenvalue weighted by atomic mass is 10.2. The van der Waals surface area contributed by atoms with Crippen LogP contribution in [-0.4, -0.2) is 29.0 Å². The lowest BCUT2D eigenvalue weighted by Gasteiger charge is -2.11. The number of amides is 1. The molecule has 1 heterocycles. The second kappa shape index (κ2) is 8.49. The summed E-state index contributed by atoms with van der Waals surface area (Å²) in [5.74, 6) is -0.725. The van der Waals surface area contributed by atoms with Gasteiger partial charge in [0.25, 0.3) is 5.91 Å². The van der Waals surface area contributed by atoms with Crippen LogP contribution in [0.5, 0.6) is 0 Å². The zero-order valence-electron chi connectivity index (χ0n) is 15.2. The van der Waals surface area contributed by atoms with E-state index in [4.69, 9.17) is 16.3 Å². The molecule has 3 rings (SSSR count). The summed E-state index contributed by atoms with van der Waals surface area (Å²) >= 11 is 5.99. The average molecular weight is 397 g/mol. The number of ether oxygens (including phenoxy) is 1. The fourth-order valence-electron chi connectivity index (χ4n) is 2.46. The summed E-state index contributed by atoms with van der Waals surface area (Å²) < 4.78 is 4.77. The molecule has 0 radical (unpaired) electrons. The number of hydrogen-bond acceptors (Lipinski definition) is 6. The van der Waals surface area contributed by atoms with E-state index in [1.807, 2.05) is 13.0 Å². The Balaban J connectivity index is 1.82. The Kier molecular flexibility index (Phi) is 5.86. The Morgan fingerprint density at radius 2 is 1.86 bits per heavy atom. The van der Waals surface area contributed by atoms with Crippen molar-refractivity contribution in [2.24, 2.45) is 0 Å². The predicted molar refractivity (Wildman–Crippen MR) is 107 cm³/mol. The van der Waals surface area contributed by atoms with Crippen LogP contribution in [0.3, 0.4) is 0 Å². The van der Waals surface area contributed by atoms with Crippen LogP contribution in [0.1, 0.15) is 26.4 Å². The monoisotopic (exact) mass is 396 g/mol. The number of benzene rings is 2. The van der Waals surface area contributed by atoms with E-state index < -0.39 is 11.9 Å². The minimum atomic E-state index is -0.492. The maximum Gasteiger partial charge on any atom is 0.339 e. The van der Waals surface area contributed by atoms with Crippen molar-refractivity contribution in [1.29, 1.82) is 0 Å². The predicted octanol–water partition coefficient (Wildman–Crippen LogP) is 4.22. The molecular formula is C20H17ClN4O3. The van der Waals surface area contributed by atoms with Gasteiger partial charge in [0.2, 0.25) is 5.95 Å². The molecule has 8 heteroatoms. The minimum absolute atomic E-state index is 0.160. The van der Waals surface area contributed by atoms with Gasteiger partial charge in [-0.05, 0) is 42.8 Å². The van der Waals surface area contributed by atoms with E-state index in [-0.39, 0.29) is 11.6 Å². The van der Waals surface area contributed by atoms with Crippen LogP contribution in [0, 0.1) is 6.92 Å². The number of methoxy groups -OCH3 is 1. The number of aromatic nitrogens is 2. The summed E-state index contributed by atoms with van der Waals surface area (Å²) in [6.45, 7) is 1.86. The van der Waals surface area contributed by atoms with Gasteiger partial charge < -0.3 is 15.4 Å². The van der Waals surface area contributed by atoms with Crippen molar-refractivity contribution in [2.75, 3.05) is 17.7 Å². The molecule has 0 aliphatic heterocycles. The molecule has 0 aliphatic rings. The largest absolute Gasteiger partial charge is 0.465 e. The molecular weight excluding hydrogens is 380 g/mol. The molecule has 2 N–H and O–H groups in total. The smallest absolute Gasteiger partial charge is 0.339 e. The number of esters is 1. The summed E-state index contributed by atoms with van der Waals surface area (Å²) in [5.41, 5.74) is 2.43. The van der Waals surface area contributed by atoms with E-state index in [1.165, 1.54) is 19.4 Å². The first-order chi connectivity index (χ1) is 13.5. The van der Waals surface area contributed by atoms with E-state index >= 15 is 0 Å². The highest BCUT2D eigenvalue weighted by Gasteiger charge is 2.14. The first kappa shape index (κ1) is 19.3. The fraction of sp³-hybridized carbons (Fsp3) is 0.100. The maximum absolute atomic E-state index is 12.6. The van der Waals surface area contributed by atoms with Gasteiger partial charge in [0.05, 0.1) is 18.4 Å². The van der Waals surface area contributed by atoms with Gasteiger partial charge in [0, 0.05) is 16.9 Å². The van der Waals surface area contributed by atoms with Crippen LogP contribution in [-0.2, 0) is 4.74 Å². The van der Waals surface area contributed by atoms with Crippen molar-refractivity contribution in [2.45, 2.75) is 6.92 Å². The van der Waals surface area contributed by atoms with E-state index in [0.717, 1.165) is 5.56 Å². The first-order valence-corrected chi connectivity index (χ1v) is 8.70. The quantitative estimate of drug-likeness (QED) is 0.627. The van der Waals surface area contributed by atoms with Gasteiger partial charge in [-0.25, -0.2) is 14.8 Å². The molecule has 0 spiro atoms. The molecule has 28 heavy (non-hydrogen) atoms. The molecule has 1 aromatic heterocycles. The summed E-state index contributed by atoms with van der Waals surface area (Å²) in [6.07, 6.45) is 1.45. The number of nitrogens with zero attached hydrogens (tertiary/aromatic N) is 2. The molecule has 0 aliphatic carbocycles. The number of aryl methyl sites for hydroxylation is 1. The number of anilines is 3. The van der Waals surface area contributed by atoms with Gasteiger partial charge in [-0.1, -0.05) is 29.8 Å². The summed E-state index contributed by atoms with van der Waals surface area (Å²) in [5, 5.41) is 6.24. The number of carbonyl (C=O) groups excluding carboxylic acids is 2. The maximum atomic E-state index is 12.6. The van der Waals surface area contributed by atoms with Crippen molar-refractivity contribution >= 4 is 40.8 Å². The van der Waals surface area contributed by atoms with Gasteiger partial charge in [0.15, 0.2) is 0 Å². The van der Waals surface area contributed by atoms with E-state index in [0.29, 0.717) is 22.0 Å². The van der Waals surface area contributed by atoms with E-state index in [1.54, 1.807) is 36.4 Å². The number of hydrogen-bond donors (Lipinski definition) is 2. The number of rotatable bonds is 5. The number of nitrogens with one attached hydrogen (secondary N) is 2. The van der Waals surface area contributed by atoms with Crippen LogP contribution in [0.15, 0.2) is 54.7 Å². The lowest BCUT2D eigenvalue weighted by Crippen LogP contribution is -2.15. The molecule has 0 atom stereocenters. The molecule has 2 aromatic carbocycles. The van der Waals surface area contributed by atoms with Crippen molar-refractivity contribution in [3.8, 4) is 0 Å². The summed E-state index contributed by atoms with van der Waals surface area (Å²) in [7, 11) is 1.30. The highest BCUT2D eigenvalue weighted by atomic mass is 35.5. The van der Waals surface area contributed by atoms with E-state index in [9.17, 15) is 9.59 Å². The molecule has 0 saturated heterocycles. The Bertz CT molecular complexity index is 1040. The Hall–Kier alpha value is -3.45. The third-order valence-electron chi connectivity index (χ3n) is 3.91. The zero-order valence-corrected chi connectivity index (χ0v) is 15.9. The third kappa shape index (κ3) is 4.44. The van der Waals surface area contributed by atoms with Crippen molar-refractivity contribution in [3.05, 3.63) is 76.6 Å². The average Bonchev–Trinajstić information content (AvgIpc) is 2.70. The van der Waals surface area contributed by atoms with Crippen LogP contribution < -0.4 is 10.6 Å². The minimum Gasteiger partial charge on any atom is -0.465 e. The van der Waals surface area contributed by atoms with Crippen LogP contribution in [0.25, 0.3) is 0 Å². The third-order valence-corrected chi connectivity index (χ3v) is 4.15. The molecule has 142 valence electrons.